The lowest BCUT2D eigenvalue weighted by atomic mass is 9.82. The van der Waals surface area contributed by atoms with Crippen molar-refractivity contribution >= 4 is 0 Å². The third-order valence-electron chi connectivity index (χ3n) is 5.62. The third kappa shape index (κ3) is 3.99. The van der Waals surface area contributed by atoms with Gasteiger partial charge in [-0.25, -0.2) is 0 Å². The molecule has 0 bridgehead atoms. The number of hydrogen-bond donors (Lipinski definition) is 4. The molecule has 1 aliphatic carbocycles. The second-order valence-electron chi connectivity index (χ2n) is 7.68. The second kappa shape index (κ2) is 8.61. The number of hydrogen-bond acceptors (Lipinski definition) is 6. The molecule has 0 amide bonds. The number of rotatable bonds is 2. The van der Waals surface area contributed by atoms with E-state index in [0.29, 0.717) is 17.2 Å². The van der Waals surface area contributed by atoms with Crippen LogP contribution < -0.4 is 0 Å². The summed E-state index contributed by atoms with van der Waals surface area (Å²) in [6.45, 7) is -0.530. The van der Waals surface area contributed by atoms with Crippen LogP contribution in [0.4, 0.5) is 0 Å². The molecule has 1 saturated heterocycles. The van der Waals surface area contributed by atoms with E-state index in [1.54, 1.807) is 30.5 Å². The van der Waals surface area contributed by atoms with Crippen LogP contribution in [-0.4, -0.2) is 66.8 Å². The number of nitrogens with zero attached hydrogens (tertiary/aromatic N) is 2. The van der Waals surface area contributed by atoms with Crippen molar-refractivity contribution in [3.8, 4) is 23.7 Å². The van der Waals surface area contributed by atoms with Gasteiger partial charge in [0, 0.05) is 11.8 Å². The van der Waals surface area contributed by atoms with Crippen molar-refractivity contribution in [1.29, 1.82) is 0 Å². The van der Waals surface area contributed by atoms with Gasteiger partial charge in [-0.2, -0.15) is 5.10 Å². The number of ether oxygens (including phenoxy) is 1. The van der Waals surface area contributed by atoms with Crippen LogP contribution in [0.2, 0.25) is 0 Å². The maximum absolute atomic E-state index is 11.1. The highest BCUT2D eigenvalue weighted by molar-refractivity contribution is 5.41. The third-order valence-corrected chi connectivity index (χ3v) is 5.62. The topological polar surface area (TPSA) is 108 Å². The Kier molecular flexibility index (Phi) is 5.92. The molecule has 4 rings (SSSR count). The summed E-state index contributed by atoms with van der Waals surface area (Å²) in [7, 11) is 0. The first-order valence-corrected chi connectivity index (χ1v) is 10.00. The van der Waals surface area contributed by atoms with Crippen LogP contribution in [0.1, 0.15) is 36.4 Å². The fraction of sp³-hybridized carbons (Fsp3) is 0.435. The van der Waals surface area contributed by atoms with Gasteiger partial charge in [0.05, 0.1) is 24.4 Å². The molecule has 2 aromatic rings. The molecule has 2 aliphatic rings. The molecule has 30 heavy (non-hydrogen) atoms. The van der Waals surface area contributed by atoms with E-state index in [1.807, 2.05) is 16.9 Å². The molecule has 0 radical (unpaired) electrons. The summed E-state index contributed by atoms with van der Waals surface area (Å²) >= 11 is 0. The zero-order valence-corrected chi connectivity index (χ0v) is 16.3. The van der Waals surface area contributed by atoms with Crippen LogP contribution in [0.25, 0.3) is 0 Å². The van der Waals surface area contributed by atoms with Gasteiger partial charge >= 0.3 is 0 Å². The highest BCUT2D eigenvalue weighted by Crippen LogP contribution is 2.31. The van der Waals surface area contributed by atoms with Gasteiger partial charge in [-0.05, 0) is 31.4 Å². The predicted octanol–water partition coefficient (Wildman–Crippen LogP) is 0.224. The number of aliphatic hydroxyl groups is 4. The highest BCUT2D eigenvalue weighted by atomic mass is 16.5. The Hall–Kier alpha value is -2.65. The zero-order valence-electron chi connectivity index (χ0n) is 16.3. The molecule has 7 heteroatoms. The average molecular weight is 408 g/mol. The Balaban J connectivity index is 1.63. The van der Waals surface area contributed by atoms with Crippen molar-refractivity contribution in [2.24, 2.45) is 0 Å². The van der Waals surface area contributed by atoms with Crippen LogP contribution >= 0.6 is 0 Å². The fourth-order valence-electron chi connectivity index (χ4n) is 3.51. The Morgan fingerprint density at radius 3 is 2.57 bits per heavy atom. The highest BCUT2D eigenvalue weighted by Gasteiger charge is 2.53. The molecule has 1 aliphatic heterocycles. The predicted molar refractivity (Wildman–Crippen MR) is 108 cm³/mol. The lowest BCUT2D eigenvalue weighted by molar-refractivity contribution is -0.239. The molecule has 2 heterocycles. The monoisotopic (exact) mass is 408 g/mol. The fourth-order valence-corrected chi connectivity index (χ4v) is 3.51. The summed E-state index contributed by atoms with van der Waals surface area (Å²) in [5.74, 6) is 11.2. The second-order valence-corrected chi connectivity index (χ2v) is 7.68. The van der Waals surface area contributed by atoms with Crippen LogP contribution in [0.3, 0.4) is 0 Å². The normalized spacial score (nSPS) is 31.1. The number of aromatic nitrogens is 2. The molecule has 4 N–H and O–H groups in total. The maximum Gasteiger partial charge on any atom is 0.191 e. The van der Waals surface area contributed by atoms with E-state index in [0.717, 1.165) is 12.8 Å². The summed E-state index contributed by atoms with van der Waals surface area (Å²) in [5.41, 5.74) is -0.867. The summed E-state index contributed by atoms with van der Waals surface area (Å²) in [6.07, 6.45) is 1.35. The van der Waals surface area contributed by atoms with E-state index < -0.39 is 36.6 Å². The van der Waals surface area contributed by atoms with Crippen molar-refractivity contribution in [2.45, 2.75) is 55.3 Å². The van der Waals surface area contributed by atoms with Crippen molar-refractivity contribution in [3.05, 3.63) is 53.9 Å². The quantitative estimate of drug-likeness (QED) is 0.530. The molecule has 156 valence electrons. The Bertz CT molecular complexity index is 995. The zero-order chi connectivity index (χ0) is 21.1. The molecule has 7 nitrogen and oxygen atoms in total. The SMILES string of the molecule is OC[C@H]1O[C@H](C#Cc2cnn(C3CCC3)c2)[C@](O)(C#Cc2ccccc2)[C@@H](O)[C@@H]1O. The number of benzene rings is 1. The van der Waals surface area contributed by atoms with E-state index in [9.17, 15) is 20.4 Å². The molecule has 0 unspecified atom stereocenters. The Morgan fingerprint density at radius 1 is 1.13 bits per heavy atom. The standard InChI is InChI=1S/C23H24N2O5/c26-15-19-21(27)22(28)23(29,12-11-16-5-2-1-3-6-16)20(30-19)10-9-17-13-24-25(14-17)18-7-4-8-18/h1-3,5-6,13-14,18-22,26-29H,4,7-8,15H2/t19-,20-,21-,22+,23-/m1/s1. The largest absolute Gasteiger partial charge is 0.394 e. The number of aliphatic hydroxyl groups excluding tert-OH is 3. The molecule has 0 spiro atoms. The van der Waals surface area contributed by atoms with Gasteiger partial charge in [0.15, 0.2) is 11.7 Å². The van der Waals surface area contributed by atoms with E-state index in [-0.39, 0.29) is 0 Å². The first kappa shape index (κ1) is 20.6. The van der Waals surface area contributed by atoms with Crippen LogP contribution in [0.5, 0.6) is 0 Å². The smallest absolute Gasteiger partial charge is 0.191 e. The van der Waals surface area contributed by atoms with Gasteiger partial charge < -0.3 is 25.2 Å². The van der Waals surface area contributed by atoms with E-state index in [4.69, 9.17) is 4.74 Å². The first-order valence-electron chi connectivity index (χ1n) is 10.00. The van der Waals surface area contributed by atoms with Crippen molar-refractivity contribution in [1.82, 2.24) is 9.78 Å². The van der Waals surface area contributed by atoms with Gasteiger partial charge in [0.2, 0.25) is 0 Å². The van der Waals surface area contributed by atoms with Crippen LogP contribution in [-0.2, 0) is 4.74 Å². The maximum atomic E-state index is 11.1. The summed E-state index contributed by atoms with van der Waals surface area (Å²) in [4.78, 5) is 0. The molecular formula is C23H24N2O5. The summed E-state index contributed by atoms with van der Waals surface area (Å²) in [6, 6.07) is 9.36. The van der Waals surface area contributed by atoms with Gasteiger partial charge in [-0.15, -0.1) is 0 Å². The molecule has 2 fully saturated rings. The van der Waals surface area contributed by atoms with Crippen LogP contribution in [0, 0.1) is 23.7 Å². The minimum atomic E-state index is -2.14. The molecule has 1 saturated carbocycles. The molecule has 1 aromatic carbocycles. The van der Waals surface area contributed by atoms with E-state index in [1.165, 1.54) is 6.42 Å². The lowest BCUT2D eigenvalue weighted by Crippen LogP contribution is -2.65. The van der Waals surface area contributed by atoms with E-state index in [2.05, 4.69) is 28.8 Å². The van der Waals surface area contributed by atoms with Gasteiger partial charge in [-0.3, -0.25) is 4.68 Å². The van der Waals surface area contributed by atoms with Crippen molar-refractivity contribution < 1.29 is 25.2 Å². The molecule has 5 atom stereocenters. The first-order chi connectivity index (χ1) is 14.5. The Morgan fingerprint density at radius 2 is 1.90 bits per heavy atom. The van der Waals surface area contributed by atoms with Crippen molar-refractivity contribution in [3.63, 3.8) is 0 Å². The molecule has 1 aromatic heterocycles. The van der Waals surface area contributed by atoms with Gasteiger partial charge in [-0.1, -0.05) is 41.9 Å². The lowest BCUT2D eigenvalue weighted by Gasteiger charge is -2.43. The van der Waals surface area contributed by atoms with Gasteiger partial charge in [0.1, 0.15) is 18.3 Å². The minimum Gasteiger partial charge on any atom is -0.394 e. The van der Waals surface area contributed by atoms with Crippen LogP contribution in [0.15, 0.2) is 42.7 Å². The average Bonchev–Trinajstić information content (AvgIpc) is 3.18. The summed E-state index contributed by atoms with van der Waals surface area (Å²) in [5, 5.41) is 45.8. The summed E-state index contributed by atoms with van der Waals surface area (Å²) < 4.78 is 7.50. The van der Waals surface area contributed by atoms with Crippen molar-refractivity contribution in [2.75, 3.05) is 6.61 Å². The van der Waals surface area contributed by atoms with E-state index >= 15 is 0 Å². The molecular weight excluding hydrogens is 384 g/mol. The van der Waals surface area contributed by atoms with Gasteiger partial charge in [0.25, 0.3) is 0 Å². The minimum absolute atomic E-state index is 0.399. The Labute approximate surface area is 174 Å².